The van der Waals surface area contributed by atoms with Crippen LogP contribution in [0.3, 0.4) is 0 Å². The van der Waals surface area contributed by atoms with Crippen LogP contribution in [0.2, 0.25) is 0 Å². The van der Waals surface area contributed by atoms with E-state index in [1.807, 2.05) is 18.4 Å². The van der Waals surface area contributed by atoms with Crippen molar-refractivity contribution in [1.29, 1.82) is 0 Å². The molecule has 1 atom stereocenters. The number of nitrogens with one attached hydrogen (secondary N) is 1. The summed E-state index contributed by atoms with van der Waals surface area (Å²) in [4.78, 5) is 17.8. The first-order valence-electron chi connectivity index (χ1n) is 9.62. The minimum absolute atomic E-state index is 0.0303. The average Bonchev–Trinajstić information content (AvgIpc) is 2.88. The molecule has 7 heteroatoms. The van der Waals surface area contributed by atoms with E-state index in [-0.39, 0.29) is 11.6 Å². The summed E-state index contributed by atoms with van der Waals surface area (Å²) in [5, 5.41) is 5.52. The number of benzene rings is 1. The van der Waals surface area contributed by atoms with Crippen LogP contribution in [0.5, 0.6) is 11.5 Å². The van der Waals surface area contributed by atoms with Crippen LogP contribution < -0.4 is 20.3 Å². The Bertz CT molecular complexity index is 1040. The summed E-state index contributed by atoms with van der Waals surface area (Å²) in [5.74, 6) is 1.96. The summed E-state index contributed by atoms with van der Waals surface area (Å²) in [7, 11) is 0. The van der Waals surface area contributed by atoms with Gasteiger partial charge in [-0.3, -0.25) is 9.20 Å². The lowest BCUT2D eigenvalue weighted by molar-refractivity contribution is 0.296. The molecule has 0 saturated carbocycles. The fraction of sp³-hybridized carbons (Fsp3) is 0.429. The molecule has 0 bridgehead atoms. The zero-order chi connectivity index (χ0) is 19.7. The topological polar surface area (TPSA) is 64.9 Å². The van der Waals surface area contributed by atoms with Crippen LogP contribution in [-0.4, -0.2) is 22.6 Å². The number of ether oxygens (including phenoxy) is 2. The van der Waals surface area contributed by atoms with Crippen molar-refractivity contribution in [2.24, 2.45) is 5.92 Å². The zero-order valence-corrected chi connectivity index (χ0v) is 17.2. The molecule has 0 fully saturated rings. The third kappa shape index (κ3) is 3.77. The minimum atomic E-state index is -0.0303. The van der Waals surface area contributed by atoms with Crippen molar-refractivity contribution in [3.63, 3.8) is 0 Å². The highest BCUT2D eigenvalue weighted by molar-refractivity contribution is 7.15. The van der Waals surface area contributed by atoms with Gasteiger partial charge in [0.2, 0.25) is 0 Å². The molecule has 2 aromatic heterocycles. The summed E-state index contributed by atoms with van der Waals surface area (Å²) < 4.78 is 13.2. The summed E-state index contributed by atoms with van der Waals surface area (Å²) >= 11 is 1.49. The predicted molar refractivity (Wildman–Crippen MR) is 111 cm³/mol. The van der Waals surface area contributed by atoms with Crippen LogP contribution in [0, 0.1) is 12.8 Å². The van der Waals surface area contributed by atoms with Gasteiger partial charge in [0.1, 0.15) is 0 Å². The first kappa shape index (κ1) is 19.0. The molecule has 0 radical (unpaired) electrons. The number of hydrogen-bond acceptors (Lipinski definition) is 6. The van der Waals surface area contributed by atoms with E-state index in [1.54, 1.807) is 10.5 Å². The van der Waals surface area contributed by atoms with E-state index in [1.165, 1.54) is 11.3 Å². The molecule has 0 amide bonds. The first-order valence-corrected chi connectivity index (χ1v) is 10.5. The number of hydrogen-bond donors (Lipinski definition) is 1. The molecule has 0 unspecified atom stereocenters. The van der Waals surface area contributed by atoms with E-state index in [4.69, 9.17) is 9.47 Å². The van der Waals surface area contributed by atoms with E-state index in [0.29, 0.717) is 25.7 Å². The molecule has 4 rings (SSSR count). The molecule has 1 N–H and O–H groups in total. The molecule has 1 aliphatic heterocycles. The highest BCUT2D eigenvalue weighted by atomic mass is 32.1. The number of fused-ring (bicyclic) bond motifs is 2. The van der Waals surface area contributed by atoms with Gasteiger partial charge in [0.05, 0.1) is 18.9 Å². The predicted octanol–water partition coefficient (Wildman–Crippen LogP) is 3.71. The van der Waals surface area contributed by atoms with Crippen LogP contribution in [0.25, 0.3) is 4.96 Å². The molecule has 28 heavy (non-hydrogen) atoms. The van der Waals surface area contributed by atoms with Gasteiger partial charge in [0.15, 0.2) is 16.5 Å². The van der Waals surface area contributed by atoms with Crippen molar-refractivity contribution in [1.82, 2.24) is 14.7 Å². The van der Waals surface area contributed by atoms with Crippen LogP contribution in [0.1, 0.15) is 43.3 Å². The van der Waals surface area contributed by atoms with Crippen LogP contribution in [0.15, 0.2) is 34.4 Å². The van der Waals surface area contributed by atoms with Crippen LogP contribution >= 0.6 is 11.3 Å². The molecule has 0 aliphatic carbocycles. The fourth-order valence-corrected chi connectivity index (χ4v) is 4.41. The van der Waals surface area contributed by atoms with E-state index >= 15 is 0 Å². The van der Waals surface area contributed by atoms with Crippen LogP contribution in [0.4, 0.5) is 0 Å². The average molecular weight is 400 g/mol. The minimum Gasteiger partial charge on any atom is -0.490 e. The second-order valence-electron chi connectivity index (χ2n) is 7.44. The summed E-state index contributed by atoms with van der Waals surface area (Å²) in [5.41, 5.74) is 2.79. The second-order valence-corrected chi connectivity index (χ2v) is 8.28. The molecular formula is C21H25N3O3S. The molecule has 1 aliphatic rings. The Labute approximate surface area is 168 Å². The number of thiazole rings is 1. The smallest absolute Gasteiger partial charge is 0.259 e. The Morgan fingerprint density at radius 2 is 2.00 bits per heavy atom. The van der Waals surface area contributed by atoms with Crippen molar-refractivity contribution >= 4 is 16.3 Å². The van der Waals surface area contributed by atoms with Gasteiger partial charge >= 0.3 is 0 Å². The summed E-state index contributed by atoms with van der Waals surface area (Å²) in [6, 6.07) is 7.86. The van der Waals surface area contributed by atoms with Crippen molar-refractivity contribution in [3.05, 3.63) is 57.0 Å². The van der Waals surface area contributed by atoms with Gasteiger partial charge in [-0.2, -0.15) is 0 Å². The van der Waals surface area contributed by atoms with Gasteiger partial charge in [-0.1, -0.05) is 19.9 Å². The van der Waals surface area contributed by atoms with Gasteiger partial charge in [0.25, 0.3) is 5.56 Å². The maximum Gasteiger partial charge on any atom is 0.259 e. The van der Waals surface area contributed by atoms with Crippen molar-refractivity contribution in [2.75, 3.05) is 13.2 Å². The van der Waals surface area contributed by atoms with E-state index in [2.05, 4.69) is 36.3 Å². The fourth-order valence-electron chi connectivity index (χ4n) is 3.52. The van der Waals surface area contributed by atoms with E-state index in [0.717, 1.165) is 39.8 Å². The first-order chi connectivity index (χ1) is 13.5. The third-order valence-corrected chi connectivity index (χ3v) is 5.87. The second kappa shape index (κ2) is 7.93. The maximum absolute atomic E-state index is 12.4. The molecule has 3 heterocycles. The number of aryl methyl sites for hydroxylation is 1. The Kier molecular flexibility index (Phi) is 5.37. The lowest BCUT2D eigenvalue weighted by Crippen LogP contribution is -2.27. The van der Waals surface area contributed by atoms with Gasteiger partial charge < -0.3 is 14.8 Å². The SMILES string of the molecule is Cc1csc2nc(CN[C@@H](c3ccc4c(c3)OCCCO4)C(C)C)cc(=O)n12. The van der Waals surface area contributed by atoms with Gasteiger partial charge in [-0.25, -0.2) is 4.98 Å². The summed E-state index contributed by atoms with van der Waals surface area (Å²) in [6.07, 6.45) is 0.891. The quantitative estimate of drug-likeness (QED) is 0.708. The van der Waals surface area contributed by atoms with Gasteiger partial charge in [-0.05, 0) is 30.5 Å². The van der Waals surface area contributed by atoms with Gasteiger partial charge in [-0.15, -0.1) is 11.3 Å². The molecule has 1 aromatic carbocycles. The van der Waals surface area contributed by atoms with Crippen molar-refractivity contribution < 1.29 is 9.47 Å². The Morgan fingerprint density at radius 1 is 1.21 bits per heavy atom. The number of rotatable bonds is 5. The summed E-state index contributed by atoms with van der Waals surface area (Å²) in [6.45, 7) is 8.15. The number of nitrogens with zero attached hydrogens (tertiary/aromatic N) is 2. The van der Waals surface area contributed by atoms with E-state index in [9.17, 15) is 4.79 Å². The largest absolute Gasteiger partial charge is 0.490 e. The molecule has 0 spiro atoms. The monoisotopic (exact) mass is 399 g/mol. The molecule has 3 aromatic rings. The Hall–Kier alpha value is -2.38. The molecular weight excluding hydrogens is 374 g/mol. The lowest BCUT2D eigenvalue weighted by Gasteiger charge is -2.24. The lowest BCUT2D eigenvalue weighted by atomic mass is 9.95. The standard InChI is InChI=1S/C21H25N3O3S/c1-13(2)20(15-5-6-17-18(9-15)27-8-4-7-26-17)22-11-16-10-19(25)24-14(3)12-28-21(24)23-16/h5-6,9-10,12-13,20,22H,4,7-8,11H2,1-3H3/t20-/m1/s1. The van der Waals surface area contributed by atoms with Crippen LogP contribution in [-0.2, 0) is 6.54 Å². The van der Waals surface area contributed by atoms with Crippen molar-refractivity contribution in [2.45, 2.75) is 39.8 Å². The maximum atomic E-state index is 12.4. The third-order valence-electron chi connectivity index (χ3n) is 4.93. The Balaban J connectivity index is 1.56. The highest BCUT2D eigenvalue weighted by Gasteiger charge is 2.19. The van der Waals surface area contributed by atoms with E-state index < -0.39 is 0 Å². The Morgan fingerprint density at radius 3 is 2.79 bits per heavy atom. The zero-order valence-electron chi connectivity index (χ0n) is 16.4. The molecule has 148 valence electrons. The molecule has 0 saturated heterocycles. The molecule has 6 nitrogen and oxygen atoms in total. The van der Waals surface area contributed by atoms with Gasteiger partial charge in [0, 0.05) is 36.1 Å². The highest BCUT2D eigenvalue weighted by Crippen LogP contribution is 2.34. The normalized spacial score (nSPS) is 15.0. The number of aromatic nitrogens is 2. The van der Waals surface area contributed by atoms with Crippen molar-refractivity contribution in [3.8, 4) is 11.5 Å².